The minimum Gasteiger partial charge on any atom is -0.342 e. The van der Waals surface area contributed by atoms with Gasteiger partial charge in [-0.1, -0.05) is 6.92 Å². The van der Waals surface area contributed by atoms with Crippen LogP contribution in [0.25, 0.3) is 0 Å². The fourth-order valence-corrected chi connectivity index (χ4v) is 2.12. The van der Waals surface area contributed by atoms with Gasteiger partial charge in [-0.3, -0.25) is 9.48 Å². The highest BCUT2D eigenvalue weighted by Gasteiger charge is 2.29. The first-order valence-electron chi connectivity index (χ1n) is 6.59. The van der Waals surface area contributed by atoms with E-state index in [1.807, 2.05) is 29.9 Å². The fourth-order valence-electron chi connectivity index (χ4n) is 2.12. The quantitative estimate of drug-likeness (QED) is 0.808. The Morgan fingerprint density at radius 1 is 1.61 bits per heavy atom. The van der Waals surface area contributed by atoms with Crippen LogP contribution in [0.5, 0.6) is 0 Å². The van der Waals surface area contributed by atoms with Crippen molar-refractivity contribution in [3.05, 3.63) is 17.5 Å². The first-order chi connectivity index (χ1) is 8.61. The predicted octanol–water partition coefficient (Wildman–Crippen LogP) is 0.693. The van der Waals surface area contributed by atoms with Crippen LogP contribution in [0.1, 0.15) is 31.0 Å². The maximum Gasteiger partial charge on any atom is 0.236 e. The lowest BCUT2D eigenvalue weighted by Crippen LogP contribution is -2.36. The van der Waals surface area contributed by atoms with Crippen molar-refractivity contribution in [3.8, 4) is 0 Å². The summed E-state index contributed by atoms with van der Waals surface area (Å²) >= 11 is 0. The third kappa shape index (κ3) is 3.10. The number of aryl methyl sites for hydroxylation is 2. The highest BCUT2D eigenvalue weighted by molar-refractivity contribution is 5.78. The number of hydrogen-bond donors (Lipinski definition) is 1. The monoisotopic (exact) mass is 250 g/mol. The Labute approximate surface area is 108 Å². The molecule has 1 aliphatic carbocycles. The van der Waals surface area contributed by atoms with Crippen LogP contribution >= 0.6 is 0 Å². The first-order valence-corrected chi connectivity index (χ1v) is 6.59. The second-order valence-corrected chi connectivity index (χ2v) is 4.97. The summed E-state index contributed by atoms with van der Waals surface area (Å²) in [6.07, 6.45) is 5.25. The number of nitrogens with one attached hydrogen (secondary N) is 1. The maximum absolute atomic E-state index is 11.8. The smallest absolute Gasteiger partial charge is 0.236 e. The number of likely N-dealkylation sites (N-methyl/N-ethyl adjacent to an activating group) is 1. The first kappa shape index (κ1) is 13.1. The van der Waals surface area contributed by atoms with Gasteiger partial charge in [-0.2, -0.15) is 5.10 Å². The Bertz CT molecular complexity index is 423. The van der Waals surface area contributed by atoms with Crippen molar-refractivity contribution in [3.63, 3.8) is 0 Å². The highest BCUT2D eigenvalue weighted by Crippen LogP contribution is 2.25. The molecule has 0 unspecified atom stereocenters. The molecule has 1 heterocycles. The van der Waals surface area contributed by atoms with E-state index in [9.17, 15) is 4.79 Å². The Morgan fingerprint density at radius 2 is 2.33 bits per heavy atom. The molecule has 1 aliphatic rings. The molecule has 1 N–H and O–H groups in total. The largest absolute Gasteiger partial charge is 0.342 e. The third-order valence-electron chi connectivity index (χ3n) is 3.41. The molecule has 0 spiro atoms. The molecule has 0 aromatic carbocycles. The van der Waals surface area contributed by atoms with Gasteiger partial charge < -0.3 is 10.2 Å². The molecule has 0 radical (unpaired) electrons. The summed E-state index contributed by atoms with van der Waals surface area (Å²) in [4.78, 5) is 13.7. The Morgan fingerprint density at radius 3 is 2.94 bits per heavy atom. The van der Waals surface area contributed by atoms with Gasteiger partial charge in [-0.15, -0.1) is 0 Å². The molecule has 0 saturated heterocycles. The van der Waals surface area contributed by atoms with Gasteiger partial charge in [0.05, 0.1) is 12.2 Å². The van der Waals surface area contributed by atoms with Crippen molar-refractivity contribution in [2.24, 2.45) is 7.05 Å². The van der Waals surface area contributed by atoms with Crippen molar-refractivity contribution < 1.29 is 4.79 Å². The minimum absolute atomic E-state index is 0.180. The molecule has 2 rings (SSSR count). The van der Waals surface area contributed by atoms with E-state index in [1.54, 1.807) is 0 Å². The van der Waals surface area contributed by atoms with Gasteiger partial charge in [0, 0.05) is 38.4 Å². The predicted molar refractivity (Wildman–Crippen MR) is 70.1 cm³/mol. The maximum atomic E-state index is 11.8. The summed E-state index contributed by atoms with van der Waals surface area (Å²) in [7, 11) is 3.82. The van der Waals surface area contributed by atoms with Gasteiger partial charge in [-0.05, 0) is 19.3 Å². The Kier molecular flexibility index (Phi) is 4.01. The van der Waals surface area contributed by atoms with E-state index in [4.69, 9.17) is 0 Å². The van der Waals surface area contributed by atoms with Crippen molar-refractivity contribution in [2.45, 2.75) is 38.8 Å². The average molecular weight is 250 g/mol. The van der Waals surface area contributed by atoms with Gasteiger partial charge >= 0.3 is 0 Å². The number of rotatable bonds is 6. The number of nitrogens with zero attached hydrogens (tertiary/aromatic N) is 3. The molecule has 5 heteroatoms. The Hall–Kier alpha value is -1.36. The zero-order valence-corrected chi connectivity index (χ0v) is 11.4. The van der Waals surface area contributed by atoms with Crippen LogP contribution in [-0.4, -0.2) is 40.2 Å². The summed E-state index contributed by atoms with van der Waals surface area (Å²) in [6.45, 7) is 3.21. The molecular formula is C13H22N4O. The summed E-state index contributed by atoms with van der Waals surface area (Å²) < 4.78 is 1.83. The number of amides is 1. The topological polar surface area (TPSA) is 50.2 Å². The third-order valence-corrected chi connectivity index (χ3v) is 3.41. The summed E-state index contributed by atoms with van der Waals surface area (Å²) in [5, 5.41) is 7.59. The second kappa shape index (κ2) is 5.52. The molecule has 18 heavy (non-hydrogen) atoms. The van der Waals surface area contributed by atoms with Crippen LogP contribution in [0, 0.1) is 0 Å². The molecule has 1 aromatic heterocycles. The summed E-state index contributed by atoms with van der Waals surface area (Å²) in [5.74, 6) is 0.180. The van der Waals surface area contributed by atoms with E-state index >= 15 is 0 Å². The lowest BCUT2D eigenvalue weighted by molar-refractivity contribution is -0.129. The Balaban J connectivity index is 1.78. The molecule has 1 fully saturated rings. The zero-order chi connectivity index (χ0) is 13.1. The van der Waals surface area contributed by atoms with Crippen LogP contribution in [0.2, 0.25) is 0 Å². The van der Waals surface area contributed by atoms with Crippen molar-refractivity contribution in [1.82, 2.24) is 20.0 Å². The molecular weight excluding hydrogens is 228 g/mol. The van der Waals surface area contributed by atoms with E-state index in [2.05, 4.69) is 17.3 Å². The summed E-state index contributed by atoms with van der Waals surface area (Å²) in [5.41, 5.74) is 2.29. The molecule has 1 aromatic rings. The number of carbonyl (C=O) groups excluding carboxylic acids is 1. The SMILES string of the molecule is CCc1nn(C)cc1CNCC(=O)N(C)C1CC1. The van der Waals surface area contributed by atoms with E-state index in [-0.39, 0.29) is 5.91 Å². The normalized spacial score (nSPS) is 14.8. The van der Waals surface area contributed by atoms with Crippen LogP contribution in [0.3, 0.4) is 0 Å². The minimum atomic E-state index is 0.180. The molecule has 5 nitrogen and oxygen atoms in total. The van der Waals surface area contributed by atoms with E-state index in [1.165, 1.54) is 5.56 Å². The second-order valence-electron chi connectivity index (χ2n) is 4.97. The average Bonchev–Trinajstić information content (AvgIpc) is 3.13. The van der Waals surface area contributed by atoms with E-state index in [0.29, 0.717) is 19.1 Å². The van der Waals surface area contributed by atoms with Crippen LogP contribution in [-0.2, 0) is 24.8 Å². The van der Waals surface area contributed by atoms with Gasteiger partial charge in [0.2, 0.25) is 5.91 Å². The fraction of sp³-hybridized carbons (Fsp3) is 0.692. The standard InChI is InChI=1S/C13H22N4O/c1-4-12-10(9-16(2)15-12)7-14-8-13(18)17(3)11-5-6-11/h9,11,14H,4-8H2,1-3H3. The van der Waals surface area contributed by atoms with Crippen LogP contribution in [0.4, 0.5) is 0 Å². The molecule has 0 aliphatic heterocycles. The molecule has 0 atom stereocenters. The number of hydrogen-bond acceptors (Lipinski definition) is 3. The zero-order valence-electron chi connectivity index (χ0n) is 11.4. The molecule has 1 amide bonds. The molecule has 100 valence electrons. The van der Waals surface area contributed by atoms with Gasteiger partial charge in [-0.25, -0.2) is 0 Å². The number of carbonyl (C=O) groups is 1. The highest BCUT2D eigenvalue weighted by atomic mass is 16.2. The van der Waals surface area contributed by atoms with Crippen molar-refractivity contribution in [2.75, 3.05) is 13.6 Å². The van der Waals surface area contributed by atoms with Gasteiger partial charge in [0.1, 0.15) is 0 Å². The van der Waals surface area contributed by atoms with Crippen molar-refractivity contribution in [1.29, 1.82) is 0 Å². The molecule has 0 bridgehead atoms. The van der Waals surface area contributed by atoms with Crippen LogP contribution in [0.15, 0.2) is 6.20 Å². The summed E-state index contributed by atoms with van der Waals surface area (Å²) in [6, 6.07) is 0.490. The van der Waals surface area contributed by atoms with Crippen molar-refractivity contribution >= 4 is 5.91 Å². The lowest BCUT2D eigenvalue weighted by Gasteiger charge is -2.16. The van der Waals surface area contributed by atoms with E-state index < -0.39 is 0 Å². The molecule has 1 saturated carbocycles. The number of aromatic nitrogens is 2. The van der Waals surface area contributed by atoms with E-state index in [0.717, 1.165) is 25.0 Å². The van der Waals surface area contributed by atoms with Gasteiger partial charge in [0.25, 0.3) is 0 Å². The lowest BCUT2D eigenvalue weighted by atomic mass is 10.2. The van der Waals surface area contributed by atoms with Crippen LogP contribution < -0.4 is 5.32 Å². The van der Waals surface area contributed by atoms with Gasteiger partial charge in [0.15, 0.2) is 0 Å².